The molecule has 1 saturated heterocycles. The molecule has 6 nitrogen and oxygen atoms in total. The summed E-state index contributed by atoms with van der Waals surface area (Å²) in [6, 6.07) is 21.2. The van der Waals surface area contributed by atoms with Crippen LogP contribution in [0.1, 0.15) is 23.6 Å². The number of rotatable bonds is 10. The van der Waals surface area contributed by atoms with Crippen molar-refractivity contribution in [1.29, 1.82) is 0 Å². The number of benzene rings is 3. The number of ether oxygens (including phenoxy) is 3. The van der Waals surface area contributed by atoms with Crippen LogP contribution in [0, 0.1) is 0 Å². The number of nitrogens with zero attached hydrogens (tertiary/aromatic N) is 1. The summed E-state index contributed by atoms with van der Waals surface area (Å²) in [5.74, 6) is 1.86. The Morgan fingerprint density at radius 3 is 2.53 bits per heavy atom. The molecule has 3 aromatic carbocycles. The van der Waals surface area contributed by atoms with E-state index in [1.165, 1.54) is 11.8 Å². The predicted octanol–water partition coefficient (Wildman–Crippen LogP) is 6.29. The first kappa shape index (κ1) is 25.1. The first-order valence-electron chi connectivity index (χ1n) is 11.6. The average Bonchev–Trinajstić information content (AvgIpc) is 3.23. The van der Waals surface area contributed by atoms with Crippen molar-refractivity contribution >= 4 is 34.6 Å². The van der Waals surface area contributed by atoms with Crippen molar-refractivity contribution in [2.45, 2.75) is 20.0 Å². The molecule has 0 aromatic heterocycles. The molecule has 1 amide bonds. The van der Waals surface area contributed by atoms with Crippen molar-refractivity contribution < 1.29 is 19.0 Å². The van der Waals surface area contributed by atoms with Crippen LogP contribution >= 0.6 is 11.8 Å². The number of hydrogen-bond acceptors (Lipinski definition) is 6. The summed E-state index contributed by atoms with van der Waals surface area (Å²) < 4.78 is 17.3. The number of carbonyl (C=O) groups excluding carboxylic acids is 1. The zero-order chi connectivity index (χ0) is 25.3. The van der Waals surface area contributed by atoms with Gasteiger partial charge in [0, 0.05) is 5.56 Å². The quantitative estimate of drug-likeness (QED) is 0.262. The second-order valence-electron chi connectivity index (χ2n) is 7.89. The molecule has 0 aliphatic carbocycles. The molecule has 0 atom stereocenters. The van der Waals surface area contributed by atoms with Crippen LogP contribution in [-0.2, 0) is 17.8 Å². The second-order valence-corrected chi connectivity index (χ2v) is 8.92. The van der Waals surface area contributed by atoms with Gasteiger partial charge < -0.3 is 19.5 Å². The number of aliphatic imine (C=N–C) groups is 1. The third-order valence-corrected chi connectivity index (χ3v) is 6.20. The highest BCUT2D eigenvalue weighted by Gasteiger charge is 2.24. The molecule has 1 aliphatic heterocycles. The molecule has 1 N–H and O–H groups in total. The van der Waals surface area contributed by atoms with Crippen molar-refractivity contribution in [3.63, 3.8) is 0 Å². The Bertz CT molecular complexity index is 1280. The first-order valence-corrected chi connectivity index (χ1v) is 12.4. The van der Waals surface area contributed by atoms with E-state index in [0.717, 1.165) is 28.1 Å². The number of amidine groups is 1. The fraction of sp³-hybridized carbons (Fsp3) is 0.172. The summed E-state index contributed by atoms with van der Waals surface area (Å²) in [5.41, 5.74) is 3.56. The molecular weight excluding hydrogens is 472 g/mol. The van der Waals surface area contributed by atoms with Gasteiger partial charge in [0.2, 0.25) is 0 Å². The largest absolute Gasteiger partial charge is 0.494 e. The predicted molar refractivity (Wildman–Crippen MR) is 146 cm³/mol. The molecule has 1 fully saturated rings. The number of thioether (sulfide) groups is 1. The molecule has 184 valence electrons. The Kier molecular flexibility index (Phi) is 8.47. The Balaban J connectivity index is 1.56. The zero-order valence-corrected chi connectivity index (χ0v) is 21.1. The second kappa shape index (κ2) is 12.1. The molecule has 3 aromatic rings. The van der Waals surface area contributed by atoms with Gasteiger partial charge in [0.05, 0.1) is 24.3 Å². The minimum Gasteiger partial charge on any atom is -0.494 e. The fourth-order valence-electron chi connectivity index (χ4n) is 3.65. The van der Waals surface area contributed by atoms with Gasteiger partial charge in [-0.15, -0.1) is 6.58 Å². The number of allylic oxidation sites excluding steroid dienone is 1. The van der Waals surface area contributed by atoms with E-state index >= 15 is 0 Å². The van der Waals surface area contributed by atoms with Crippen molar-refractivity contribution in [3.8, 4) is 17.2 Å². The Morgan fingerprint density at radius 1 is 1.06 bits per heavy atom. The standard InChI is InChI=1S/C29H28N2O4S/c1-4-9-22-16-21(17-25(33-3)27(22)35-19-20-10-7-6-8-11-20)18-26-28(32)31-29(36-26)30-23-12-14-24(15-13-23)34-5-2/h4,6-8,10-18H,1,5,9,19H2,2-3H3,(H,30,31,32)/b26-18+. The van der Waals surface area contributed by atoms with Crippen molar-refractivity contribution in [3.05, 3.63) is 101 Å². The highest BCUT2D eigenvalue weighted by atomic mass is 32.2. The topological polar surface area (TPSA) is 69.2 Å². The Morgan fingerprint density at radius 2 is 1.83 bits per heavy atom. The highest BCUT2D eigenvalue weighted by molar-refractivity contribution is 8.18. The first-order chi connectivity index (χ1) is 17.6. The molecule has 0 unspecified atom stereocenters. The number of hydrogen-bond donors (Lipinski definition) is 1. The maximum Gasteiger partial charge on any atom is 0.264 e. The van der Waals surface area contributed by atoms with E-state index in [0.29, 0.717) is 41.2 Å². The average molecular weight is 501 g/mol. The lowest BCUT2D eigenvalue weighted by molar-refractivity contribution is -0.115. The molecule has 1 heterocycles. The maximum atomic E-state index is 12.6. The van der Waals surface area contributed by atoms with Crippen LogP contribution < -0.4 is 19.5 Å². The van der Waals surface area contributed by atoms with Crippen LogP contribution in [0.5, 0.6) is 17.2 Å². The third-order valence-electron chi connectivity index (χ3n) is 5.29. The number of methoxy groups -OCH3 is 1. The van der Waals surface area contributed by atoms with Gasteiger partial charge in [-0.3, -0.25) is 4.79 Å². The van der Waals surface area contributed by atoms with E-state index in [-0.39, 0.29) is 5.91 Å². The molecule has 1 aliphatic rings. The van der Waals surface area contributed by atoms with E-state index in [9.17, 15) is 4.79 Å². The maximum absolute atomic E-state index is 12.6. The molecule has 7 heteroatoms. The van der Waals surface area contributed by atoms with Crippen molar-refractivity contribution in [1.82, 2.24) is 5.32 Å². The van der Waals surface area contributed by atoms with Gasteiger partial charge in [-0.2, -0.15) is 0 Å². The zero-order valence-electron chi connectivity index (χ0n) is 20.3. The monoisotopic (exact) mass is 500 g/mol. The van der Waals surface area contributed by atoms with E-state index in [4.69, 9.17) is 14.2 Å². The lowest BCUT2D eigenvalue weighted by Gasteiger charge is -2.16. The molecule has 36 heavy (non-hydrogen) atoms. The highest BCUT2D eigenvalue weighted by Crippen LogP contribution is 2.36. The smallest absolute Gasteiger partial charge is 0.264 e. The van der Waals surface area contributed by atoms with Gasteiger partial charge >= 0.3 is 0 Å². The van der Waals surface area contributed by atoms with E-state index < -0.39 is 0 Å². The fourth-order valence-corrected chi connectivity index (χ4v) is 4.49. The van der Waals surface area contributed by atoms with Crippen molar-refractivity contribution in [2.75, 3.05) is 13.7 Å². The van der Waals surface area contributed by atoms with Crippen LogP contribution in [0.4, 0.5) is 5.69 Å². The SMILES string of the molecule is C=CCc1cc(/C=C2/SC(=Nc3ccc(OCC)cc3)NC2=O)cc(OC)c1OCc1ccccc1. The number of amides is 1. The Labute approximate surface area is 215 Å². The summed E-state index contributed by atoms with van der Waals surface area (Å²) in [4.78, 5) is 17.7. The van der Waals surface area contributed by atoms with Gasteiger partial charge in [0.25, 0.3) is 5.91 Å². The number of carbonyl (C=O) groups is 1. The molecule has 0 spiro atoms. The molecule has 0 bridgehead atoms. The van der Waals surface area contributed by atoms with Crippen LogP contribution in [0.15, 0.2) is 89.3 Å². The summed E-state index contributed by atoms with van der Waals surface area (Å²) in [6.07, 6.45) is 4.25. The lowest BCUT2D eigenvalue weighted by Crippen LogP contribution is -2.19. The summed E-state index contributed by atoms with van der Waals surface area (Å²) in [6.45, 7) is 6.84. The molecule has 4 rings (SSSR count). The molecular formula is C29H28N2O4S. The minimum atomic E-state index is -0.196. The third kappa shape index (κ3) is 6.37. The normalized spacial score (nSPS) is 15.1. The van der Waals surface area contributed by atoms with E-state index in [1.54, 1.807) is 7.11 Å². The van der Waals surface area contributed by atoms with Gasteiger partial charge in [-0.1, -0.05) is 36.4 Å². The summed E-state index contributed by atoms with van der Waals surface area (Å²) in [7, 11) is 1.61. The van der Waals surface area contributed by atoms with Gasteiger partial charge in [-0.25, -0.2) is 4.99 Å². The van der Waals surface area contributed by atoms with Crippen LogP contribution in [0.3, 0.4) is 0 Å². The van der Waals surface area contributed by atoms with E-state index in [1.807, 2.05) is 85.8 Å². The molecule has 0 saturated carbocycles. The number of nitrogens with one attached hydrogen (secondary N) is 1. The summed E-state index contributed by atoms with van der Waals surface area (Å²) in [5, 5.41) is 3.36. The lowest BCUT2D eigenvalue weighted by atomic mass is 10.0. The van der Waals surface area contributed by atoms with Crippen LogP contribution in [-0.4, -0.2) is 24.8 Å². The van der Waals surface area contributed by atoms with Gasteiger partial charge in [-0.05, 0) is 78.7 Å². The van der Waals surface area contributed by atoms with Gasteiger partial charge in [0.15, 0.2) is 16.7 Å². The van der Waals surface area contributed by atoms with Crippen molar-refractivity contribution in [2.24, 2.45) is 4.99 Å². The minimum absolute atomic E-state index is 0.196. The van der Waals surface area contributed by atoms with Gasteiger partial charge in [0.1, 0.15) is 12.4 Å². The van der Waals surface area contributed by atoms with E-state index in [2.05, 4.69) is 16.9 Å². The molecule has 0 radical (unpaired) electrons. The van der Waals surface area contributed by atoms with Crippen LogP contribution in [0.25, 0.3) is 6.08 Å². The van der Waals surface area contributed by atoms with Crippen LogP contribution in [0.2, 0.25) is 0 Å². The summed E-state index contributed by atoms with van der Waals surface area (Å²) >= 11 is 1.29. The Hall–Kier alpha value is -3.97.